The summed E-state index contributed by atoms with van der Waals surface area (Å²) >= 11 is 1.58. The Hall–Kier alpha value is 0.653. The summed E-state index contributed by atoms with van der Waals surface area (Å²) in [5.74, 6) is 0.725. The van der Waals surface area contributed by atoms with Crippen LogP contribution >= 0.6 is 12.4 Å². The summed E-state index contributed by atoms with van der Waals surface area (Å²) in [4.78, 5) is 0. The second-order valence-corrected chi connectivity index (χ2v) is 4.00. The van der Waals surface area contributed by atoms with E-state index in [4.69, 9.17) is 0 Å². The summed E-state index contributed by atoms with van der Waals surface area (Å²) in [7, 11) is 0. The molecule has 0 nitrogen and oxygen atoms in total. The van der Waals surface area contributed by atoms with Crippen LogP contribution in [0.3, 0.4) is 0 Å². The fourth-order valence-corrected chi connectivity index (χ4v) is 1.83. The molecule has 1 atom stereocenters. The zero-order chi connectivity index (χ0) is 7.02. The molecule has 0 aromatic carbocycles. The maximum absolute atomic E-state index is 2.35. The molecule has 1 rings (SSSR count). The Bertz CT molecular complexity index is 191. The molecule has 0 saturated heterocycles. The standard InChI is InChI=1S/C8H11.ClH.Zr/c1-6-4-7(2)8(3)5-6;;/h4,6H,1-3H3;1H;. The van der Waals surface area contributed by atoms with E-state index in [0.717, 1.165) is 5.92 Å². The SMILES string of the molecule is CC1=CC(C)[C]([Zr])=C1C.Cl. The van der Waals surface area contributed by atoms with E-state index in [0.29, 0.717) is 0 Å². The molecular formula is C8H12ClZr. The third-order valence-corrected chi connectivity index (χ3v) is 3.99. The van der Waals surface area contributed by atoms with E-state index in [1.54, 1.807) is 28.0 Å². The average molecular weight is 235 g/mol. The van der Waals surface area contributed by atoms with E-state index >= 15 is 0 Å². The van der Waals surface area contributed by atoms with E-state index in [2.05, 4.69) is 26.8 Å². The number of halogens is 1. The van der Waals surface area contributed by atoms with E-state index in [1.807, 2.05) is 0 Å². The third kappa shape index (κ3) is 1.83. The van der Waals surface area contributed by atoms with Gasteiger partial charge in [-0.2, -0.15) is 0 Å². The van der Waals surface area contributed by atoms with Crippen LogP contribution in [0, 0.1) is 5.92 Å². The number of hydrogen-bond acceptors (Lipinski definition) is 0. The molecule has 10 heavy (non-hydrogen) atoms. The Morgan fingerprint density at radius 1 is 1.40 bits per heavy atom. The van der Waals surface area contributed by atoms with Gasteiger partial charge in [-0.3, -0.25) is 0 Å². The monoisotopic (exact) mass is 233 g/mol. The first-order chi connectivity index (χ1) is 4.13. The van der Waals surface area contributed by atoms with Crippen molar-refractivity contribution in [1.82, 2.24) is 0 Å². The maximum atomic E-state index is 2.35. The Balaban J connectivity index is 0.000000810. The van der Waals surface area contributed by atoms with Gasteiger partial charge in [-0.15, -0.1) is 12.4 Å². The average Bonchev–Trinajstić information content (AvgIpc) is 1.98. The summed E-state index contributed by atoms with van der Waals surface area (Å²) < 4.78 is 1.62. The van der Waals surface area contributed by atoms with Crippen molar-refractivity contribution in [2.24, 2.45) is 5.92 Å². The first-order valence-corrected chi connectivity index (χ1v) is 4.47. The second kappa shape index (κ2) is 3.88. The van der Waals surface area contributed by atoms with Crippen molar-refractivity contribution in [2.45, 2.75) is 20.8 Å². The van der Waals surface area contributed by atoms with E-state index in [9.17, 15) is 0 Å². The van der Waals surface area contributed by atoms with Crippen molar-refractivity contribution in [3.8, 4) is 0 Å². The van der Waals surface area contributed by atoms with Crippen molar-refractivity contribution in [3.05, 3.63) is 20.5 Å². The van der Waals surface area contributed by atoms with Crippen molar-refractivity contribution in [1.29, 1.82) is 0 Å². The van der Waals surface area contributed by atoms with Gasteiger partial charge in [0.1, 0.15) is 0 Å². The minimum atomic E-state index is 0. The van der Waals surface area contributed by atoms with E-state index < -0.39 is 0 Å². The predicted molar refractivity (Wildman–Crippen MR) is 42.9 cm³/mol. The molecule has 0 aliphatic heterocycles. The van der Waals surface area contributed by atoms with Crippen LogP contribution < -0.4 is 0 Å². The van der Waals surface area contributed by atoms with Crippen LogP contribution in [0.25, 0.3) is 0 Å². The molecular weight excluding hydrogens is 223 g/mol. The molecule has 0 aromatic rings. The molecule has 55 valence electrons. The van der Waals surface area contributed by atoms with Crippen LogP contribution in [0.5, 0.6) is 0 Å². The Morgan fingerprint density at radius 2 is 1.90 bits per heavy atom. The topological polar surface area (TPSA) is 0 Å². The first-order valence-electron chi connectivity index (χ1n) is 3.24. The Labute approximate surface area is 84.0 Å². The van der Waals surface area contributed by atoms with Gasteiger partial charge >= 0.3 is 71.9 Å². The van der Waals surface area contributed by atoms with Crippen molar-refractivity contribution in [3.63, 3.8) is 0 Å². The molecule has 0 spiro atoms. The molecule has 1 aliphatic carbocycles. The molecule has 1 unspecified atom stereocenters. The Kier molecular flexibility index (Phi) is 4.13. The van der Waals surface area contributed by atoms with Crippen LogP contribution in [-0.2, 0) is 24.7 Å². The summed E-state index contributed by atoms with van der Waals surface area (Å²) in [5, 5.41) is 0. The largest absolute Gasteiger partial charge is 0.147 e. The number of allylic oxidation sites excluding steroid dienone is 4. The molecule has 0 fully saturated rings. The van der Waals surface area contributed by atoms with E-state index in [-0.39, 0.29) is 12.4 Å². The number of hydrogen-bond donors (Lipinski definition) is 0. The minimum Gasteiger partial charge on any atom is -0.147 e. The van der Waals surface area contributed by atoms with Gasteiger partial charge in [0.25, 0.3) is 0 Å². The van der Waals surface area contributed by atoms with E-state index in [1.165, 1.54) is 11.1 Å². The normalized spacial score (nSPS) is 24.2. The smallest absolute Gasteiger partial charge is 0.147 e. The molecule has 2 heteroatoms. The predicted octanol–water partition coefficient (Wildman–Crippen LogP) is 2.83. The summed E-state index contributed by atoms with van der Waals surface area (Å²) in [6.45, 7) is 6.69. The van der Waals surface area contributed by atoms with Crippen LogP contribution in [0.1, 0.15) is 20.8 Å². The third-order valence-electron chi connectivity index (χ3n) is 1.95. The molecule has 0 saturated carbocycles. The van der Waals surface area contributed by atoms with Crippen LogP contribution in [-0.4, -0.2) is 0 Å². The molecule has 1 aliphatic rings. The minimum absolute atomic E-state index is 0. The quantitative estimate of drug-likeness (QED) is 0.605. The fraction of sp³-hybridized carbons (Fsp3) is 0.500. The summed E-state index contributed by atoms with van der Waals surface area (Å²) in [6.07, 6.45) is 2.35. The van der Waals surface area contributed by atoms with Crippen LogP contribution in [0.2, 0.25) is 0 Å². The van der Waals surface area contributed by atoms with Crippen molar-refractivity contribution in [2.75, 3.05) is 0 Å². The molecule has 0 amide bonds. The van der Waals surface area contributed by atoms with Gasteiger partial charge in [0, 0.05) is 0 Å². The number of rotatable bonds is 0. The molecule has 0 heterocycles. The van der Waals surface area contributed by atoms with Gasteiger partial charge in [-0.1, -0.05) is 0 Å². The van der Waals surface area contributed by atoms with Gasteiger partial charge in [-0.25, -0.2) is 0 Å². The summed E-state index contributed by atoms with van der Waals surface area (Å²) in [6, 6.07) is 0. The van der Waals surface area contributed by atoms with Gasteiger partial charge < -0.3 is 0 Å². The van der Waals surface area contributed by atoms with Gasteiger partial charge in [0.05, 0.1) is 0 Å². The fourth-order valence-electron chi connectivity index (χ4n) is 1.14. The summed E-state index contributed by atoms with van der Waals surface area (Å²) in [5.41, 5.74) is 3.01. The van der Waals surface area contributed by atoms with Crippen LogP contribution in [0.4, 0.5) is 0 Å². The molecule has 0 aromatic heterocycles. The maximum Gasteiger partial charge on any atom is -0.147 e. The van der Waals surface area contributed by atoms with Crippen molar-refractivity contribution < 1.29 is 24.7 Å². The second-order valence-electron chi connectivity index (χ2n) is 2.68. The zero-order valence-electron chi connectivity index (χ0n) is 6.56. The first kappa shape index (κ1) is 10.7. The molecule has 0 bridgehead atoms. The zero-order valence-corrected chi connectivity index (χ0v) is 9.84. The Morgan fingerprint density at radius 3 is 2.00 bits per heavy atom. The van der Waals surface area contributed by atoms with Crippen molar-refractivity contribution >= 4 is 12.4 Å². The van der Waals surface area contributed by atoms with Gasteiger partial charge in [0.2, 0.25) is 0 Å². The molecule has 0 radical (unpaired) electrons. The van der Waals surface area contributed by atoms with Gasteiger partial charge in [0.15, 0.2) is 0 Å². The van der Waals surface area contributed by atoms with Gasteiger partial charge in [-0.05, 0) is 0 Å². The molecule has 0 N–H and O–H groups in total. The van der Waals surface area contributed by atoms with Crippen LogP contribution in [0.15, 0.2) is 20.5 Å².